The predicted molar refractivity (Wildman–Crippen MR) is 56.0 cm³/mol. The van der Waals surface area contributed by atoms with Crippen molar-refractivity contribution in [3.8, 4) is 5.75 Å². The Kier molecular flexibility index (Phi) is 3.76. The van der Waals surface area contributed by atoms with E-state index in [4.69, 9.17) is 4.74 Å². The number of hydrogen-bond acceptors (Lipinski definition) is 2. The Hall–Kier alpha value is -1.57. The quantitative estimate of drug-likeness (QED) is 0.647. The minimum atomic E-state index is 0.852. The highest BCUT2D eigenvalue weighted by Crippen LogP contribution is 2.16. The molecule has 0 amide bonds. The minimum absolute atomic E-state index is 0.852. The molecule has 0 bridgehead atoms. The molecule has 0 aliphatic rings. The van der Waals surface area contributed by atoms with Crippen LogP contribution in [0.2, 0.25) is 0 Å². The second-order valence-electron chi connectivity index (χ2n) is 2.50. The van der Waals surface area contributed by atoms with E-state index in [9.17, 15) is 0 Å². The monoisotopic (exact) mass is 175 g/mol. The Balaban J connectivity index is 2.69. The number of allylic oxidation sites excluding steroid dienone is 2. The maximum Gasteiger partial charge on any atom is 0.119 e. The standard InChI is InChI=1S/C11H13NO/c1-3-4-9-12-10-5-7-11(13-2)8-6-10/h3-9H,1-2H3. The molecule has 0 fully saturated rings. The fraction of sp³-hybridized carbons (Fsp3) is 0.182. The molecule has 0 heterocycles. The SMILES string of the molecule is CC=CC=Nc1ccc(OC)cc1. The van der Waals surface area contributed by atoms with Crippen LogP contribution in [-0.2, 0) is 0 Å². The molecular weight excluding hydrogens is 162 g/mol. The fourth-order valence-electron chi connectivity index (χ4n) is 0.883. The first-order valence-electron chi connectivity index (χ1n) is 4.16. The zero-order valence-corrected chi connectivity index (χ0v) is 7.90. The van der Waals surface area contributed by atoms with Crippen LogP contribution in [0.15, 0.2) is 41.4 Å². The topological polar surface area (TPSA) is 21.6 Å². The van der Waals surface area contributed by atoms with Crippen LogP contribution in [0.3, 0.4) is 0 Å². The first kappa shape index (κ1) is 9.52. The lowest BCUT2D eigenvalue weighted by Gasteiger charge is -1.97. The molecular formula is C11H13NO. The van der Waals surface area contributed by atoms with Crippen LogP contribution < -0.4 is 4.74 Å². The normalized spacial score (nSPS) is 11.2. The first-order chi connectivity index (χ1) is 6.36. The van der Waals surface area contributed by atoms with E-state index < -0.39 is 0 Å². The van der Waals surface area contributed by atoms with Crippen molar-refractivity contribution in [1.29, 1.82) is 0 Å². The Bertz CT molecular complexity index is 298. The largest absolute Gasteiger partial charge is 0.497 e. The maximum atomic E-state index is 5.03. The number of ether oxygens (including phenoxy) is 1. The van der Waals surface area contributed by atoms with Gasteiger partial charge in [0.25, 0.3) is 0 Å². The van der Waals surface area contributed by atoms with Crippen molar-refractivity contribution in [2.45, 2.75) is 6.92 Å². The maximum absolute atomic E-state index is 5.03. The van der Waals surface area contributed by atoms with Crippen molar-refractivity contribution in [2.75, 3.05) is 7.11 Å². The van der Waals surface area contributed by atoms with Crippen LogP contribution in [-0.4, -0.2) is 13.3 Å². The van der Waals surface area contributed by atoms with Crippen molar-refractivity contribution in [1.82, 2.24) is 0 Å². The molecule has 1 aromatic rings. The second kappa shape index (κ2) is 5.14. The van der Waals surface area contributed by atoms with Gasteiger partial charge in [-0.25, -0.2) is 0 Å². The van der Waals surface area contributed by atoms with Gasteiger partial charge in [0.05, 0.1) is 12.8 Å². The fourth-order valence-corrected chi connectivity index (χ4v) is 0.883. The van der Waals surface area contributed by atoms with E-state index in [2.05, 4.69) is 4.99 Å². The van der Waals surface area contributed by atoms with Gasteiger partial charge in [0.1, 0.15) is 5.75 Å². The summed E-state index contributed by atoms with van der Waals surface area (Å²) in [5.74, 6) is 0.852. The number of benzene rings is 1. The van der Waals surface area contributed by atoms with Crippen LogP contribution in [0, 0.1) is 0 Å². The van der Waals surface area contributed by atoms with Crippen molar-refractivity contribution in [3.63, 3.8) is 0 Å². The molecule has 0 spiro atoms. The van der Waals surface area contributed by atoms with Crippen LogP contribution in [0.1, 0.15) is 6.92 Å². The molecule has 1 rings (SSSR count). The third-order valence-electron chi connectivity index (χ3n) is 1.57. The zero-order valence-electron chi connectivity index (χ0n) is 7.90. The number of rotatable bonds is 3. The van der Waals surface area contributed by atoms with Gasteiger partial charge in [-0.05, 0) is 37.3 Å². The highest BCUT2D eigenvalue weighted by Gasteiger charge is 1.89. The molecule has 0 saturated heterocycles. The molecule has 2 heteroatoms. The Morgan fingerprint density at radius 3 is 2.46 bits per heavy atom. The number of aliphatic imine (C=N–C) groups is 1. The van der Waals surface area contributed by atoms with Crippen molar-refractivity contribution in [3.05, 3.63) is 36.4 Å². The summed E-state index contributed by atoms with van der Waals surface area (Å²) in [6.45, 7) is 1.96. The Labute approximate surface area is 78.6 Å². The Morgan fingerprint density at radius 1 is 1.23 bits per heavy atom. The van der Waals surface area contributed by atoms with Crippen LogP contribution in [0.5, 0.6) is 5.75 Å². The van der Waals surface area contributed by atoms with Gasteiger partial charge in [-0.1, -0.05) is 6.08 Å². The molecule has 0 aliphatic heterocycles. The molecule has 0 unspecified atom stereocenters. The van der Waals surface area contributed by atoms with Crippen LogP contribution in [0.4, 0.5) is 5.69 Å². The van der Waals surface area contributed by atoms with Gasteiger partial charge in [0.2, 0.25) is 0 Å². The highest BCUT2D eigenvalue weighted by molar-refractivity contribution is 5.74. The number of hydrogen-bond donors (Lipinski definition) is 0. The smallest absolute Gasteiger partial charge is 0.119 e. The molecule has 68 valence electrons. The third kappa shape index (κ3) is 3.11. The highest BCUT2D eigenvalue weighted by atomic mass is 16.5. The van der Waals surface area contributed by atoms with E-state index in [0.717, 1.165) is 11.4 Å². The van der Waals surface area contributed by atoms with E-state index in [0.29, 0.717) is 0 Å². The molecule has 0 atom stereocenters. The summed E-state index contributed by atoms with van der Waals surface area (Å²) in [6.07, 6.45) is 5.60. The second-order valence-corrected chi connectivity index (χ2v) is 2.50. The summed E-state index contributed by atoms with van der Waals surface area (Å²) in [7, 11) is 1.65. The average Bonchev–Trinajstić information content (AvgIpc) is 2.19. The summed E-state index contributed by atoms with van der Waals surface area (Å²) < 4.78 is 5.03. The van der Waals surface area contributed by atoms with Gasteiger partial charge in [-0.15, -0.1) is 0 Å². The lowest BCUT2D eigenvalue weighted by molar-refractivity contribution is 0.415. The lowest BCUT2D eigenvalue weighted by atomic mass is 10.3. The van der Waals surface area contributed by atoms with Crippen LogP contribution in [0.25, 0.3) is 0 Å². The van der Waals surface area contributed by atoms with Crippen molar-refractivity contribution >= 4 is 11.9 Å². The van der Waals surface area contributed by atoms with Gasteiger partial charge >= 0.3 is 0 Å². The zero-order chi connectivity index (χ0) is 9.52. The van der Waals surface area contributed by atoms with Gasteiger partial charge < -0.3 is 4.74 Å². The lowest BCUT2D eigenvalue weighted by Crippen LogP contribution is -1.79. The summed E-state index contributed by atoms with van der Waals surface area (Å²) >= 11 is 0. The molecule has 0 aliphatic carbocycles. The van der Waals surface area contributed by atoms with Gasteiger partial charge in [0, 0.05) is 6.21 Å². The summed E-state index contributed by atoms with van der Waals surface area (Å²) in [5.41, 5.74) is 0.930. The summed E-state index contributed by atoms with van der Waals surface area (Å²) in [5, 5.41) is 0. The van der Waals surface area contributed by atoms with Gasteiger partial charge in [0.15, 0.2) is 0 Å². The van der Waals surface area contributed by atoms with Gasteiger partial charge in [-0.2, -0.15) is 0 Å². The number of nitrogens with zero attached hydrogens (tertiary/aromatic N) is 1. The minimum Gasteiger partial charge on any atom is -0.497 e. The molecule has 1 aromatic carbocycles. The van der Waals surface area contributed by atoms with Crippen LogP contribution >= 0.6 is 0 Å². The first-order valence-corrected chi connectivity index (χ1v) is 4.16. The van der Waals surface area contributed by atoms with E-state index >= 15 is 0 Å². The molecule has 0 saturated carbocycles. The third-order valence-corrected chi connectivity index (χ3v) is 1.57. The van der Waals surface area contributed by atoms with Crippen molar-refractivity contribution < 1.29 is 4.74 Å². The summed E-state index contributed by atoms with van der Waals surface area (Å²) in [4.78, 5) is 4.20. The molecule has 2 nitrogen and oxygen atoms in total. The molecule has 0 radical (unpaired) electrons. The predicted octanol–water partition coefficient (Wildman–Crippen LogP) is 2.97. The van der Waals surface area contributed by atoms with Crippen molar-refractivity contribution in [2.24, 2.45) is 4.99 Å². The molecule has 0 aromatic heterocycles. The Morgan fingerprint density at radius 2 is 1.92 bits per heavy atom. The molecule has 13 heavy (non-hydrogen) atoms. The summed E-state index contributed by atoms with van der Waals surface area (Å²) in [6, 6.07) is 7.61. The van der Waals surface area contributed by atoms with E-state index in [1.54, 1.807) is 13.3 Å². The average molecular weight is 175 g/mol. The van der Waals surface area contributed by atoms with E-state index in [1.807, 2.05) is 43.3 Å². The number of methoxy groups -OCH3 is 1. The molecule has 0 N–H and O–H groups in total. The van der Waals surface area contributed by atoms with E-state index in [-0.39, 0.29) is 0 Å². The van der Waals surface area contributed by atoms with E-state index in [1.165, 1.54) is 0 Å². The van der Waals surface area contributed by atoms with Gasteiger partial charge in [-0.3, -0.25) is 4.99 Å².